The smallest absolute Gasteiger partial charge is 0.315 e. The van der Waals surface area contributed by atoms with E-state index in [0.29, 0.717) is 13.1 Å². The van der Waals surface area contributed by atoms with Crippen molar-refractivity contribution in [3.05, 3.63) is 0 Å². The lowest BCUT2D eigenvalue weighted by atomic mass is 9.96. The van der Waals surface area contributed by atoms with Crippen LogP contribution in [0.15, 0.2) is 0 Å². The second kappa shape index (κ2) is 8.79. The Morgan fingerprint density at radius 2 is 1.70 bits per heavy atom. The molecule has 6 heteroatoms. The van der Waals surface area contributed by atoms with Crippen LogP contribution in [0.5, 0.6) is 0 Å². The van der Waals surface area contributed by atoms with Gasteiger partial charge in [0.1, 0.15) is 5.54 Å². The van der Waals surface area contributed by atoms with E-state index >= 15 is 0 Å². The standard InChI is InChI=1S/C14H28N4O2/c1-3-9-15-10-11-17-12(19)14(7-5-6-8-14)18-13(20)16-4-2/h15H,3-11H2,1-2H3,(H,17,19)(H2,16,18,20). The molecule has 0 unspecified atom stereocenters. The largest absolute Gasteiger partial charge is 0.353 e. The van der Waals surface area contributed by atoms with E-state index in [0.717, 1.165) is 45.2 Å². The molecule has 116 valence electrons. The summed E-state index contributed by atoms with van der Waals surface area (Å²) in [6.07, 6.45) is 4.48. The molecule has 0 heterocycles. The van der Waals surface area contributed by atoms with Gasteiger partial charge in [0.05, 0.1) is 0 Å². The number of hydrogen-bond donors (Lipinski definition) is 4. The SMILES string of the molecule is CCCNCCNC(=O)C1(NC(=O)NCC)CCCC1. The van der Waals surface area contributed by atoms with Crippen LogP contribution in [0, 0.1) is 0 Å². The highest BCUT2D eigenvalue weighted by Gasteiger charge is 2.42. The van der Waals surface area contributed by atoms with Gasteiger partial charge < -0.3 is 21.3 Å². The molecule has 0 spiro atoms. The number of nitrogens with one attached hydrogen (secondary N) is 4. The summed E-state index contributed by atoms with van der Waals surface area (Å²) in [5, 5.41) is 11.7. The maximum Gasteiger partial charge on any atom is 0.315 e. The van der Waals surface area contributed by atoms with Crippen molar-refractivity contribution in [3.8, 4) is 0 Å². The Morgan fingerprint density at radius 3 is 2.30 bits per heavy atom. The first-order valence-corrected chi connectivity index (χ1v) is 7.69. The summed E-state index contributed by atoms with van der Waals surface area (Å²) >= 11 is 0. The van der Waals surface area contributed by atoms with E-state index < -0.39 is 5.54 Å². The van der Waals surface area contributed by atoms with E-state index in [9.17, 15) is 9.59 Å². The zero-order valence-electron chi connectivity index (χ0n) is 12.7. The average molecular weight is 284 g/mol. The molecule has 0 radical (unpaired) electrons. The summed E-state index contributed by atoms with van der Waals surface area (Å²) in [7, 11) is 0. The van der Waals surface area contributed by atoms with Crippen molar-refractivity contribution in [2.24, 2.45) is 0 Å². The summed E-state index contributed by atoms with van der Waals surface area (Å²) in [6.45, 7) is 6.84. The Bertz CT molecular complexity index is 314. The normalized spacial score (nSPS) is 16.7. The van der Waals surface area contributed by atoms with Gasteiger partial charge in [0, 0.05) is 19.6 Å². The number of urea groups is 1. The molecule has 0 atom stereocenters. The maximum atomic E-state index is 12.4. The molecule has 3 amide bonds. The van der Waals surface area contributed by atoms with E-state index in [1.54, 1.807) is 0 Å². The summed E-state index contributed by atoms with van der Waals surface area (Å²) in [5.74, 6) is -0.0560. The van der Waals surface area contributed by atoms with Gasteiger partial charge in [0.25, 0.3) is 0 Å². The third kappa shape index (κ3) is 5.00. The van der Waals surface area contributed by atoms with E-state index in [-0.39, 0.29) is 11.9 Å². The van der Waals surface area contributed by atoms with Gasteiger partial charge in [-0.1, -0.05) is 19.8 Å². The minimum absolute atomic E-state index is 0.0560. The summed E-state index contributed by atoms with van der Waals surface area (Å²) < 4.78 is 0. The first kappa shape index (κ1) is 16.8. The average Bonchev–Trinajstić information content (AvgIpc) is 2.88. The molecular formula is C14H28N4O2. The van der Waals surface area contributed by atoms with Crippen molar-refractivity contribution in [3.63, 3.8) is 0 Å². The van der Waals surface area contributed by atoms with Gasteiger partial charge in [-0.05, 0) is 32.7 Å². The summed E-state index contributed by atoms with van der Waals surface area (Å²) in [5.41, 5.74) is -0.718. The zero-order chi connectivity index (χ0) is 14.8. The third-order valence-electron chi connectivity index (χ3n) is 3.60. The highest BCUT2D eigenvalue weighted by atomic mass is 16.2. The van der Waals surface area contributed by atoms with Crippen molar-refractivity contribution in [2.75, 3.05) is 26.2 Å². The van der Waals surface area contributed by atoms with E-state index in [1.807, 2.05) is 6.92 Å². The van der Waals surface area contributed by atoms with Gasteiger partial charge in [-0.25, -0.2) is 4.79 Å². The maximum absolute atomic E-state index is 12.4. The van der Waals surface area contributed by atoms with Crippen LogP contribution in [-0.2, 0) is 4.79 Å². The highest BCUT2D eigenvalue weighted by Crippen LogP contribution is 2.29. The molecule has 0 saturated heterocycles. The van der Waals surface area contributed by atoms with E-state index in [1.165, 1.54) is 0 Å². The van der Waals surface area contributed by atoms with Gasteiger partial charge in [0.2, 0.25) is 5.91 Å². The topological polar surface area (TPSA) is 82.3 Å². The molecule has 1 fully saturated rings. The lowest BCUT2D eigenvalue weighted by Crippen LogP contribution is -2.59. The van der Waals surface area contributed by atoms with Crippen LogP contribution < -0.4 is 21.3 Å². The minimum Gasteiger partial charge on any atom is -0.353 e. The van der Waals surface area contributed by atoms with Gasteiger partial charge in [-0.15, -0.1) is 0 Å². The molecule has 0 aliphatic heterocycles. The van der Waals surface area contributed by atoms with Crippen LogP contribution in [0.2, 0.25) is 0 Å². The third-order valence-corrected chi connectivity index (χ3v) is 3.60. The molecule has 6 nitrogen and oxygen atoms in total. The van der Waals surface area contributed by atoms with E-state index in [2.05, 4.69) is 28.2 Å². The molecule has 0 aromatic rings. The van der Waals surface area contributed by atoms with Crippen molar-refractivity contribution < 1.29 is 9.59 Å². The van der Waals surface area contributed by atoms with Crippen LogP contribution >= 0.6 is 0 Å². The van der Waals surface area contributed by atoms with Crippen LogP contribution in [0.1, 0.15) is 46.0 Å². The summed E-state index contributed by atoms with van der Waals surface area (Å²) in [4.78, 5) is 24.1. The lowest BCUT2D eigenvalue weighted by Gasteiger charge is -2.29. The molecule has 0 aromatic carbocycles. The predicted octanol–water partition coefficient (Wildman–Crippen LogP) is 0.734. The van der Waals surface area contributed by atoms with Crippen molar-refractivity contribution >= 4 is 11.9 Å². The molecule has 1 aliphatic carbocycles. The van der Waals surface area contributed by atoms with Crippen LogP contribution in [0.3, 0.4) is 0 Å². The number of carbonyl (C=O) groups is 2. The second-order valence-corrected chi connectivity index (χ2v) is 5.28. The molecule has 1 saturated carbocycles. The minimum atomic E-state index is -0.718. The molecule has 1 aliphatic rings. The number of amides is 3. The fourth-order valence-electron chi connectivity index (χ4n) is 2.54. The molecule has 0 bridgehead atoms. The predicted molar refractivity (Wildman–Crippen MR) is 79.6 cm³/mol. The molecular weight excluding hydrogens is 256 g/mol. The first-order chi connectivity index (χ1) is 9.64. The molecule has 20 heavy (non-hydrogen) atoms. The highest BCUT2D eigenvalue weighted by molar-refractivity contribution is 5.91. The summed E-state index contributed by atoms with van der Waals surface area (Å²) in [6, 6.07) is -0.256. The molecule has 4 N–H and O–H groups in total. The Labute approximate surface area is 121 Å². The van der Waals surface area contributed by atoms with Crippen LogP contribution in [-0.4, -0.2) is 43.7 Å². The van der Waals surface area contributed by atoms with Gasteiger partial charge in [-0.2, -0.15) is 0 Å². The van der Waals surface area contributed by atoms with Crippen LogP contribution in [0.4, 0.5) is 4.79 Å². The van der Waals surface area contributed by atoms with Gasteiger partial charge >= 0.3 is 6.03 Å². The van der Waals surface area contributed by atoms with Crippen molar-refractivity contribution in [1.29, 1.82) is 0 Å². The Hall–Kier alpha value is -1.30. The fraction of sp³-hybridized carbons (Fsp3) is 0.857. The molecule has 0 aromatic heterocycles. The van der Waals surface area contributed by atoms with Crippen molar-refractivity contribution in [2.45, 2.75) is 51.5 Å². The Kier molecular flexibility index (Phi) is 7.36. The second-order valence-electron chi connectivity index (χ2n) is 5.28. The van der Waals surface area contributed by atoms with Crippen molar-refractivity contribution in [1.82, 2.24) is 21.3 Å². The monoisotopic (exact) mass is 284 g/mol. The lowest BCUT2D eigenvalue weighted by molar-refractivity contribution is -0.127. The fourth-order valence-corrected chi connectivity index (χ4v) is 2.54. The first-order valence-electron chi connectivity index (χ1n) is 7.69. The number of hydrogen-bond acceptors (Lipinski definition) is 3. The van der Waals surface area contributed by atoms with E-state index in [4.69, 9.17) is 0 Å². The van der Waals surface area contributed by atoms with Crippen LogP contribution in [0.25, 0.3) is 0 Å². The number of carbonyl (C=O) groups excluding carboxylic acids is 2. The number of rotatable bonds is 8. The van der Waals surface area contributed by atoms with Gasteiger partial charge in [-0.3, -0.25) is 4.79 Å². The zero-order valence-corrected chi connectivity index (χ0v) is 12.7. The quantitative estimate of drug-likeness (QED) is 0.496. The van der Waals surface area contributed by atoms with Gasteiger partial charge in [0.15, 0.2) is 0 Å². The Morgan fingerprint density at radius 1 is 1.00 bits per heavy atom. The molecule has 1 rings (SSSR count). The Balaban J connectivity index is 2.43.